The fourth-order valence-corrected chi connectivity index (χ4v) is 3.78. The van der Waals surface area contributed by atoms with Crippen molar-refractivity contribution in [3.8, 4) is 5.75 Å². The van der Waals surface area contributed by atoms with Gasteiger partial charge >= 0.3 is 6.09 Å². The smallest absolute Gasteiger partial charge is 0.410 e. The van der Waals surface area contributed by atoms with E-state index in [0.29, 0.717) is 36.8 Å². The Bertz CT molecular complexity index is 985. The van der Waals surface area contributed by atoms with Gasteiger partial charge in [-0.15, -0.1) is 0 Å². The number of anilines is 1. The molecule has 0 unspecified atom stereocenters. The Hall–Kier alpha value is -3.49. The average Bonchev–Trinajstić information content (AvgIpc) is 3.28. The fraction of sp³-hybridized carbons (Fsp3) is 0.480. The Kier molecular flexibility index (Phi) is 8.20. The van der Waals surface area contributed by atoms with E-state index < -0.39 is 5.60 Å². The second-order valence-corrected chi connectivity index (χ2v) is 9.22. The predicted octanol–water partition coefficient (Wildman–Crippen LogP) is 3.83. The van der Waals surface area contributed by atoms with Gasteiger partial charge in [0.1, 0.15) is 17.0 Å². The van der Waals surface area contributed by atoms with Gasteiger partial charge in [0.15, 0.2) is 6.61 Å². The van der Waals surface area contributed by atoms with Gasteiger partial charge in [-0.05, 0) is 76.9 Å². The molecule has 0 saturated carbocycles. The highest BCUT2D eigenvalue weighted by atomic mass is 16.6. The maximum Gasteiger partial charge on any atom is 0.410 e. The molecule has 184 valence electrons. The highest BCUT2D eigenvalue weighted by Gasteiger charge is 2.28. The lowest BCUT2D eigenvalue weighted by Gasteiger charge is -2.34. The number of nitrogens with one attached hydrogen (secondary N) is 2. The van der Waals surface area contributed by atoms with Crippen LogP contribution in [0.5, 0.6) is 5.75 Å². The molecule has 2 aromatic rings. The molecule has 0 atom stereocenters. The highest BCUT2D eigenvalue weighted by molar-refractivity contribution is 6.03. The molecule has 9 heteroatoms. The van der Waals surface area contributed by atoms with Crippen LogP contribution in [0, 0.1) is 0 Å². The molecule has 0 aliphatic carbocycles. The topological polar surface area (TPSA) is 102 Å². The molecule has 1 aromatic carbocycles. The summed E-state index contributed by atoms with van der Waals surface area (Å²) < 4.78 is 12.9. The number of amides is 3. The highest BCUT2D eigenvalue weighted by Crippen LogP contribution is 2.26. The normalized spacial score (nSPS) is 14.4. The van der Waals surface area contributed by atoms with Crippen LogP contribution in [-0.2, 0) is 9.53 Å². The van der Waals surface area contributed by atoms with Crippen LogP contribution in [0.4, 0.5) is 10.5 Å². The monoisotopic (exact) mass is 470 g/mol. The quantitative estimate of drug-likeness (QED) is 0.640. The zero-order valence-corrected chi connectivity index (χ0v) is 20.3. The van der Waals surface area contributed by atoms with Gasteiger partial charge in [0.05, 0.1) is 0 Å². The first kappa shape index (κ1) is 25.1. The van der Waals surface area contributed by atoms with Crippen LogP contribution in [0.25, 0.3) is 0 Å². The molecule has 2 heterocycles. The predicted molar refractivity (Wildman–Crippen MR) is 129 cm³/mol. The lowest BCUT2D eigenvalue weighted by atomic mass is 10.0. The van der Waals surface area contributed by atoms with Crippen molar-refractivity contribution in [3.63, 3.8) is 0 Å². The number of hydrogen-bond donors (Lipinski definition) is 2. The van der Waals surface area contributed by atoms with Crippen molar-refractivity contribution in [1.29, 1.82) is 0 Å². The molecule has 1 aliphatic heterocycles. The number of rotatable bonds is 7. The molecule has 0 bridgehead atoms. The molecule has 1 aromatic heterocycles. The number of hydrogen-bond acceptors (Lipinski definition) is 5. The van der Waals surface area contributed by atoms with Crippen LogP contribution in [-0.4, -0.2) is 59.2 Å². The molecule has 0 spiro atoms. The van der Waals surface area contributed by atoms with E-state index >= 15 is 0 Å². The number of carbonyl (C=O) groups excluding carboxylic acids is 3. The van der Waals surface area contributed by atoms with E-state index in [1.807, 2.05) is 44.5 Å². The van der Waals surface area contributed by atoms with Gasteiger partial charge in [-0.1, -0.05) is 0 Å². The summed E-state index contributed by atoms with van der Waals surface area (Å²) in [6, 6.07) is 10.7. The number of benzene rings is 1. The van der Waals surface area contributed by atoms with Crippen molar-refractivity contribution in [2.75, 3.05) is 31.6 Å². The van der Waals surface area contributed by atoms with Crippen molar-refractivity contribution in [1.82, 2.24) is 14.8 Å². The Morgan fingerprint density at radius 1 is 1.06 bits per heavy atom. The van der Waals surface area contributed by atoms with Crippen molar-refractivity contribution >= 4 is 23.6 Å². The number of carbonyl (C=O) groups is 3. The van der Waals surface area contributed by atoms with E-state index in [4.69, 9.17) is 9.47 Å². The summed E-state index contributed by atoms with van der Waals surface area (Å²) in [5.74, 6) is 0.150. The Balaban J connectivity index is 1.55. The third kappa shape index (κ3) is 7.00. The van der Waals surface area contributed by atoms with E-state index in [0.717, 1.165) is 12.8 Å². The molecular weight excluding hydrogens is 436 g/mol. The summed E-state index contributed by atoms with van der Waals surface area (Å²) >= 11 is 0. The summed E-state index contributed by atoms with van der Waals surface area (Å²) in [5, 5.41) is 5.58. The standard InChI is InChI=1S/C25H34N4O5/c1-5-26-22(30)17-33-20-10-8-18(9-11-20)27-23(31)21-7-6-14-29(21)19-12-15-28(16-13-19)24(32)34-25(2,3)4/h6-11,14,19H,5,12-13,15-17H2,1-4H3,(H,26,30)(H,27,31). The first-order valence-electron chi connectivity index (χ1n) is 11.6. The van der Waals surface area contributed by atoms with Crippen LogP contribution in [0.3, 0.4) is 0 Å². The molecule has 9 nitrogen and oxygen atoms in total. The fourth-order valence-electron chi connectivity index (χ4n) is 3.78. The average molecular weight is 471 g/mol. The third-order valence-electron chi connectivity index (χ3n) is 5.38. The largest absolute Gasteiger partial charge is 0.484 e. The van der Waals surface area contributed by atoms with Crippen LogP contribution in [0.15, 0.2) is 42.6 Å². The summed E-state index contributed by atoms with van der Waals surface area (Å²) in [7, 11) is 0. The second kappa shape index (κ2) is 11.1. The van der Waals surface area contributed by atoms with Crippen molar-refractivity contribution in [2.24, 2.45) is 0 Å². The number of likely N-dealkylation sites (tertiary alicyclic amines) is 1. The Morgan fingerprint density at radius 3 is 2.35 bits per heavy atom. The van der Waals surface area contributed by atoms with Crippen LogP contribution < -0.4 is 15.4 Å². The molecule has 1 saturated heterocycles. The molecule has 1 aliphatic rings. The molecular formula is C25H34N4O5. The van der Waals surface area contributed by atoms with E-state index in [1.165, 1.54) is 0 Å². The van der Waals surface area contributed by atoms with Gasteiger partial charge in [-0.25, -0.2) is 4.79 Å². The summed E-state index contributed by atoms with van der Waals surface area (Å²) in [6.07, 6.45) is 3.09. The third-order valence-corrected chi connectivity index (χ3v) is 5.38. The number of ether oxygens (including phenoxy) is 2. The van der Waals surface area contributed by atoms with E-state index in [2.05, 4.69) is 10.6 Å². The summed E-state index contributed by atoms with van der Waals surface area (Å²) in [4.78, 5) is 38.5. The van der Waals surface area contributed by atoms with Crippen molar-refractivity contribution < 1.29 is 23.9 Å². The number of piperidine rings is 1. The van der Waals surface area contributed by atoms with E-state index in [-0.39, 0.29) is 30.6 Å². The molecule has 3 amide bonds. The van der Waals surface area contributed by atoms with Crippen molar-refractivity contribution in [2.45, 2.75) is 52.2 Å². The molecule has 1 fully saturated rings. The minimum absolute atomic E-state index is 0.0557. The number of nitrogens with zero attached hydrogens (tertiary/aromatic N) is 2. The zero-order chi connectivity index (χ0) is 24.7. The molecule has 2 N–H and O–H groups in total. The maximum absolute atomic E-state index is 12.9. The van der Waals surface area contributed by atoms with Gasteiger partial charge in [0, 0.05) is 37.6 Å². The van der Waals surface area contributed by atoms with E-state index in [1.54, 1.807) is 35.2 Å². The van der Waals surface area contributed by atoms with Gasteiger partial charge in [-0.3, -0.25) is 9.59 Å². The van der Waals surface area contributed by atoms with Gasteiger partial charge in [-0.2, -0.15) is 0 Å². The minimum Gasteiger partial charge on any atom is -0.484 e. The Labute approximate surface area is 200 Å². The first-order valence-corrected chi connectivity index (χ1v) is 11.6. The molecule has 0 radical (unpaired) electrons. The van der Waals surface area contributed by atoms with Gasteiger partial charge in [0.25, 0.3) is 11.8 Å². The van der Waals surface area contributed by atoms with Crippen LogP contribution >= 0.6 is 0 Å². The Morgan fingerprint density at radius 2 is 1.74 bits per heavy atom. The number of aromatic nitrogens is 1. The van der Waals surface area contributed by atoms with Gasteiger partial charge in [0.2, 0.25) is 0 Å². The second-order valence-electron chi connectivity index (χ2n) is 9.22. The van der Waals surface area contributed by atoms with Crippen LogP contribution in [0.1, 0.15) is 57.1 Å². The van der Waals surface area contributed by atoms with Gasteiger partial charge < -0.3 is 29.6 Å². The zero-order valence-electron chi connectivity index (χ0n) is 20.3. The lowest BCUT2D eigenvalue weighted by Crippen LogP contribution is -2.42. The molecule has 3 rings (SSSR count). The lowest BCUT2D eigenvalue weighted by molar-refractivity contribution is -0.122. The molecule has 34 heavy (non-hydrogen) atoms. The van der Waals surface area contributed by atoms with E-state index in [9.17, 15) is 14.4 Å². The summed E-state index contributed by atoms with van der Waals surface area (Å²) in [6.45, 7) is 9.07. The SMILES string of the molecule is CCNC(=O)COc1ccc(NC(=O)c2cccn2C2CCN(C(=O)OC(C)(C)C)CC2)cc1. The van der Waals surface area contributed by atoms with Crippen molar-refractivity contribution in [3.05, 3.63) is 48.3 Å². The maximum atomic E-state index is 12.9. The number of likely N-dealkylation sites (N-methyl/N-ethyl adjacent to an activating group) is 1. The first-order chi connectivity index (χ1) is 16.2. The summed E-state index contributed by atoms with van der Waals surface area (Å²) in [5.41, 5.74) is 0.670. The minimum atomic E-state index is -0.520. The van der Waals surface area contributed by atoms with Crippen LogP contribution in [0.2, 0.25) is 0 Å².